The molecule has 1 saturated heterocycles. The number of amides is 1. The summed E-state index contributed by atoms with van der Waals surface area (Å²) in [6.45, 7) is 5.39. The van der Waals surface area contributed by atoms with Gasteiger partial charge in [-0.15, -0.1) is 0 Å². The van der Waals surface area contributed by atoms with Crippen LogP contribution >= 0.6 is 0 Å². The molecule has 1 aromatic heterocycles. The van der Waals surface area contributed by atoms with E-state index in [1.54, 1.807) is 13.2 Å². The van der Waals surface area contributed by atoms with E-state index >= 15 is 0 Å². The van der Waals surface area contributed by atoms with E-state index in [1.807, 2.05) is 13.8 Å². The minimum Gasteiger partial charge on any atom is -0.368 e. The van der Waals surface area contributed by atoms with Gasteiger partial charge in [-0.25, -0.2) is 4.98 Å². The van der Waals surface area contributed by atoms with Crippen molar-refractivity contribution in [3.05, 3.63) is 11.8 Å². The van der Waals surface area contributed by atoms with E-state index in [-0.39, 0.29) is 17.3 Å². The van der Waals surface area contributed by atoms with Gasteiger partial charge in [-0.2, -0.15) is 4.98 Å². The highest BCUT2D eigenvalue weighted by Gasteiger charge is 2.40. The normalized spacial score (nSPS) is 23.2. The number of nitrogens with two attached hydrogens (primary N) is 1. The number of rotatable bonds is 2. The second kappa shape index (κ2) is 4.44. The van der Waals surface area contributed by atoms with Gasteiger partial charge in [0.15, 0.2) is 0 Å². The molecular weight excluding hydrogens is 230 g/mol. The van der Waals surface area contributed by atoms with Gasteiger partial charge in [0, 0.05) is 31.9 Å². The van der Waals surface area contributed by atoms with Gasteiger partial charge in [0.05, 0.1) is 5.41 Å². The van der Waals surface area contributed by atoms with Crippen molar-refractivity contribution >= 4 is 17.7 Å². The van der Waals surface area contributed by atoms with Crippen molar-refractivity contribution in [3.63, 3.8) is 0 Å². The summed E-state index contributed by atoms with van der Waals surface area (Å²) in [4.78, 5) is 22.2. The summed E-state index contributed by atoms with van der Waals surface area (Å²) < 4.78 is 0. The molecule has 18 heavy (non-hydrogen) atoms. The lowest BCUT2D eigenvalue weighted by Gasteiger charge is -2.24. The van der Waals surface area contributed by atoms with Crippen LogP contribution in [0.15, 0.2) is 6.20 Å². The van der Waals surface area contributed by atoms with Crippen molar-refractivity contribution in [3.8, 4) is 0 Å². The van der Waals surface area contributed by atoms with Crippen molar-refractivity contribution in [2.24, 2.45) is 5.41 Å². The Morgan fingerprint density at radius 3 is 3.00 bits per heavy atom. The van der Waals surface area contributed by atoms with Crippen LogP contribution in [-0.4, -0.2) is 36.0 Å². The molecular formula is C12H19N5O. The highest BCUT2D eigenvalue weighted by molar-refractivity contribution is 5.83. The van der Waals surface area contributed by atoms with Gasteiger partial charge >= 0.3 is 0 Å². The summed E-state index contributed by atoms with van der Waals surface area (Å²) in [5, 5.41) is 2.72. The van der Waals surface area contributed by atoms with Gasteiger partial charge in [-0.1, -0.05) is 0 Å². The lowest BCUT2D eigenvalue weighted by molar-refractivity contribution is -0.128. The maximum atomic E-state index is 11.9. The van der Waals surface area contributed by atoms with Gasteiger partial charge in [-0.05, 0) is 20.3 Å². The molecule has 2 heterocycles. The van der Waals surface area contributed by atoms with Crippen molar-refractivity contribution in [1.82, 2.24) is 15.3 Å². The first-order valence-electron chi connectivity index (χ1n) is 6.02. The van der Waals surface area contributed by atoms with Crippen LogP contribution in [0.3, 0.4) is 0 Å². The number of nitrogens with one attached hydrogen (secondary N) is 1. The van der Waals surface area contributed by atoms with E-state index in [2.05, 4.69) is 20.2 Å². The minimum absolute atomic E-state index is 0.0738. The van der Waals surface area contributed by atoms with Crippen molar-refractivity contribution < 1.29 is 4.79 Å². The fourth-order valence-corrected chi connectivity index (χ4v) is 2.40. The molecule has 2 rings (SSSR count). The molecule has 1 atom stereocenters. The second-order valence-electron chi connectivity index (χ2n) is 5.05. The Labute approximate surface area is 107 Å². The molecule has 98 valence electrons. The maximum Gasteiger partial charge on any atom is 0.227 e. The smallest absolute Gasteiger partial charge is 0.227 e. The molecule has 1 amide bonds. The average Bonchev–Trinajstić information content (AvgIpc) is 2.75. The molecule has 0 saturated carbocycles. The molecule has 1 aromatic rings. The van der Waals surface area contributed by atoms with Crippen LogP contribution in [-0.2, 0) is 4.79 Å². The number of anilines is 2. The monoisotopic (exact) mass is 249 g/mol. The average molecular weight is 249 g/mol. The van der Waals surface area contributed by atoms with Crippen LogP contribution < -0.4 is 16.0 Å². The van der Waals surface area contributed by atoms with E-state index < -0.39 is 0 Å². The Morgan fingerprint density at radius 1 is 1.61 bits per heavy atom. The van der Waals surface area contributed by atoms with Crippen LogP contribution in [0.4, 0.5) is 11.8 Å². The third-order valence-electron chi connectivity index (χ3n) is 3.51. The number of nitrogen functional groups attached to an aromatic ring is 1. The van der Waals surface area contributed by atoms with Crippen LogP contribution in [0.1, 0.15) is 18.9 Å². The van der Waals surface area contributed by atoms with Gasteiger partial charge in [0.25, 0.3) is 0 Å². The number of aryl methyl sites for hydroxylation is 1. The van der Waals surface area contributed by atoms with Crippen LogP contribution in [0.25, 0.3) is 0 Å². The summed E-state index contributed by atoms with van der Waals surface area (Å²) in [6.07, 6.45) is 2.53. The maximum absolute atomic E-state index is 11.9. The third-order valence-corrected chi connectivity index (χ3v) is 3.51. The molecule has 6 heteroatoms. The van der Waals surface area contributed by atoms with E-state index in [1.165, 1.54) is 0 Å². The molecule has 0 aromatic carbocycles. The van der Waals surface area contributed by atoms with E-state index in [4.69, 9.17) is 5.73 Å². The fraction of sp³-hybridized carbons (Fsp3) is 0.583. The molecule has 6 nitrogen and oxygen atoms in total. The predicted octanol–water partition coefficient (Wildman–Crippen LogP) is 0.330. The number of carbonyl (C=O) groups excluding carboxylic acids is 1. The molecule has 1 fully saturated rings. The molecule has 0 aliphatic carbocycles. The zero-order valence-electron chi connectivity index (χ0n) is 11.0. The SMILES string of the molecule is CNC(=O)C1(C)CCN(c2nc(N)ncc2C)C1. The van der Waals surface area contributed by atoms with Crippen LogP contribution in [0.5, 0.6) is 0 Å². The number of carbonyl (C=O) groups is 1. The fourth-order valence-electron chi connectivity index (χ4n) is 2.40. The molecule has 0 bridgehead atoms. The van der Waals surface area contributed by atoms with E-state index in [9.17, 15) is 4.79 Å². The summed E-state index contributed by atoms with van der Waals surface area (Å²) in [5.41, 5.74) is 6.24. The number of hydrogen-bond acceptors (Lipinski definition) is 5. The Morgan fingerprint density at radius 2 is 2.33 bits per heavy atom. The van der Waals surface area contributed by atoms with Crippen LogP contribution in [0, 0.1) is 12.3 Å². The Kier molecular flexibility index (Phi) is 3.11. The second-order valence-corrected chi connectivity index (χ2v) is 5.05. The number of nitrogens with zero attached hydrogens (tertiary/aromatic N) is 3. The van der Waals surface area contributed by atoms with E-state index in [0.29, 0.717) is 6.54 Å². The number of aromatic nitrogens is 2. The summed E-state index contributed by atoms with van der Waals surface area (Å²) in [7, 11) is 1.67. The first-order chi connectivity index (χ1) is 8.46. The lowest BCUT2D eigenvalue weighted by Crippen LogP contribution is -2.39. The van der Waals surface area contributed by atoms with E-state index in [0.717, 1.165) is 24.3 Å². The Balaban J connectivity index is 2.23. The Hall–Kier alpha value is -1.85. The lowest BCUT2D eigenvalue weighted by atomic mass is 9.89. The zero-order chi connectivity index (χ0) is 13.3. The van der Waals surface area contributed by atoms with Gasteiger partial charge in [0.2, 0.25) is 11.9 Å². The predicted molar refractivity (Wildman–Crippen MR) is 70.2 cm³/mol. The first-order valence-corrected chi connectivity index (χ1v) is 6.02. The van der Waals surface area contributed by atoms with Gasteiger partial charge in [-0.3, -0.25) is 4.79 Å². The molecule has 1 aliphatic rings. The highest BCUT2D eigenvalue weighted by Crippen LogP contribution is 2.33. The molecule has 0 radical (unpaired) electrons. The van der Waals surface area contributed by atoms with Gasteiger partial charge in [0.1, 0.15) is 5.82 Å². The minimum atomic E-state index is -0.360. The van der Waals surface area contributed by atoms with Gasteiger partial charge < -0.3 is 16.0 Å². The van der Waals surface area contributed by atoms with Crippen molar-refractivity contribution in [2.45, 2.75) is 20.3 Å². The van der Waals surface area contributed by atoms with Crippen molar-refractivity contribution in [2.75, 3.05) is 30.8 Å². The molecule has 1 unspecified atom stereocenters. The molecule has 3 N–H and O–H groups in total. The third kappa shape index (κ3) is 2.10. The van der Waals surface area contributed by atoms with Crippen LogP contribution in [0.2, 0.25) is 0 Å². The standard InChI is InChI=1S/C12H19N5O/c1-8-6-15-11(13)16-9(8)17-5-4-12(2,7-17)10(18)14-3/h6H,4-5,7H2,1-3H3,(H,14,18)(H2,13,15,16). The summed E-state index contributed by atoms with van der Waals surface area (Å²) in [5.74, 6) is 1.17. The number of hydrogen-bond donors (Lipinski definition) is 2. The first kappa shape index (κ1) is 12.6. The summed E-state index contributed by atoms with van der Waals surface area (Å²) >= 11 is 0. The summed E-state index contributed by atoms with van der Waals surface area (Å²) in [6, 6.07) is 0. The zero-order valence-corrected chi connectivity index (χ0v) is 11.0. The highest BCUT2D eigenvalue weighted by atomic mass is 16.2. The molecule has 1 aliphatic heterocycles. The Bertz CT molecular complexity index is 476. The largest absolute Gasteiger partial charge is 0.368 e. The topological polar surface area (TPSA) is 84.1 Å². The quantitative estimate of drug-likeness (QED) is 0.789. The molecule has 0 spiro atoms. The van der Waals surface area contributed by atoms with Crippen molar-refractivity contribution in [1.29, 1.82) is 0 Å².